The largest absolute Gasteiger partial charge is 0.363 e. The van der Waals surface area contributed by atoms with Gasteiger partial charge in [-0.25, -0.2) is 9.97 Å². The third kappa shape index (κ3) is 5.37. The quantitative estimate of drug-likeness (QED) is 0.642. The molecule has 28 heavy (non-hydrogen) atoms. The zero-order valence-corrected chi connectivity index (χ0v) is 16.5. The lowest BCUT2D eigenvalue weighted by molar-refractivity contribution is -0.120. The molecule has 0 aliphatic carbocycles. The van der Waals surface area contributed by atoms with Crippen molar-refractivity contribution in [1.29, 1.82) is 0 Å². The normalized spacial score (nSPS) is 10.4. The van der Waals surface area contributed by atoms with Crippen molar-refractivity contribution >= 4 is 34.1 Å². The Balaban J connectivity index is 1.49. The number of nitrogens with one attached hydrogen (secondary N) is 2. The molecule has 3 aromatic rings. The van der Waals surface area contributed by atoms with Gasteiger partial charge in [-0.15, -0.1) is 11.3 Å². The van der Waals surface area contributed by atoms with E-state index in [0.717, 1.165) is 11.4 Å². The molecule has 0 saturated heterocycles. The number of anilines is 2. The highest BCUT2D eigenvalue weighted by molar-refractivity contribution is 7.14. The number of benzene rings is 1. The van der Waals surface area contributed by atoms with Crippen LogP contribution in [-0.2, 0) is 17.8 Å². The Bertz CT molecular complexity index is 939. The summed E-state index contributed by atoms with van der Waals surface area (Å²) in [6.45, 7) is 0.404. The molecular weight excluding hydrogens is 374 g/mol. The van der Waals surface area contributed by atoms with Crippen molar-refractivity contribution in [3.8, 4) is 0 Å². The van der Waals surface area contributed by atoms with Crippen molar-refractivity contribution in [2.45, 2.75) is 13.0 Å². The van der Waals surface area contributed by atoms with E-state index in [2.05, 4.69) is 20.6 Å². The Kier molecular flexibility index (Phi) is 6.33. The minimum atomic E-state index is -0.223. The number of nitrogens with zero attached hydrogens (tertiary/aromatic N) is 3. The van der Waals surface area contributed by atoms with E-state index in [1.807, 2.05) is 37.2 Å². The number of hydrogen-bond acceptors (Lipinski definition) is 6. The van der Waals surface area contributed by atoms with Crippen molar-refractivity contribution in [2.24, 2.45) is 0 Å². The summed E-state index contributed by atoms with van der Waals surface area (Å²) in [5.41, 5.74) is 2.10. The summed E-state index contributed by atoms with van der Waals surface area (Å²) in [5, 5.41) is 7.85. The van der Waals surface area contributed by atoms with E-state index in [1.165, 1.54) is 11.3 Å². The number of hydrogen-bond donors (Lipinski definition) is 2. The summed E-state index contributed by atoms with van der Waals surface area (Å²) < 4.78 is 0. The van der Waals surface area contributed by atoms with Crippen LogP contribution in [-0.4, -0.2) is 35.9 Å². The minimum absolute atomic E-state index is 0.136. The van der Waals surface area contributed by atoms with Crippen LogP contribution in [0.25, 0.3) is 0 Å². The first kappa shape index (κ1) is 19.5. The van der Waals surface area contributed by atoms with Crippen LogP contribution in [0.15, 0.2) is 54.0 Å². The van der Waals surface area contributed by atoms with Crippen LogP contribution in [0.3, 0.4) is 0 Å². The van der Waals surface area contributed by atoms with Crippen LogP contribution in [0.2, 0.25) is 0 Å². The molecule has 7 nitrogen and oxygen atoms in total. The predicted octanol–water partition coefficient (Wildman–Crippen LogP) is 2.72. The van der Waals surface area contributed by atoms with E-state index in [-0.39, 0.29) is 18.2 Å². The zero-order chi connectivity index (χ0) is 19.9. The van der Waals surface area contributed by atoms with Crippen molar-refractivity contribution < 1.29 is 9.59 Å². The number of carbonyl (C=O) groups excluding carboxylic acids is 2. The van der Waals surface area contributed by atoms with Gasteiger partial charge in [0.1, 0.15) is 5.82 Å². The second kappa shape index (κ2) is 9.09. The van der Waals surface area contributed by atoms with Gasteiger partial charge in [0, 0.05) is 37.8 Å². The van der Waals surface area contributed by atoms with Gasteiger partial charge >= 0.3 is 0 Å². The summed E-state index contributed by atoms with van der Waals surface area (Å²) in [6, 6.07) is 12.8. The fourth-order valence-corrected chi connectivity index (χ4v) is 3.12. The highest BCUT2D eigenvalue weighted by Gasteiger charge is 2.11. The van der Waals surface area contributed by atoms with Crippen LogP contribution in [0.5, 0.6) is 0 Å². The number of thiazole rings is 1. The van der Waals surface area contributed by atoms with E-state index in [1.54, 1.807) is 35.8 Å². The van der Waals surface area contributed by atoms with Crippen molar-refractivity contribution in [3.05, 3.63) is 70.9 Å². The lowest BCUT2D eigenvalue weighted by Gasteiger charge is -2.11. The van der Waals surface area contributed by atoms with Crippen LogP contribution < -0.4 is 15.5 Å². The van der Waals surface area contributed by atoms with E-state index >= 15 is 0 Å². The first-order valence-electron chi connectivity index (χ1n) is 8.71. The second-order valence-corrected chi connectivity index (χ2v) is 7.19. The molecule has 0 unspecified atom stereocenters. The molecule has 0 bridgehead atoms. The molecule has 2 N–H and O–H groups in total. The van der Waals surface area contributed by atoms with E-state index in [9.17, 15) is 9.59 Å². The lowest BCUT2D eigenvalue weighted by Crippen LogP contribution is -2.24. The third-order valence-electron chi connectivity index (χ3n) is 3.91. The Hall–Kier alpha value is -3.26. The SMILES string of the molecule is CN(C)c1ccc(CNC(=O)Cc2csc(NC(=O)c3ccccc3)n2)cn1. The average molecular weight is 395 g/mol. The molecule has 144 valence electrons. The molecule has 2 amide bonds. The second-order valence-electron chi connectivity index (χ2n) is 6.34. The fourth-order valence-electron chi connectivity index (χ4n) is 2.42. The van der Waals surface area contributed by atoms with Gasteiger partial charge in [-0.3, -0.25) is 14.9 Å². The van der Waals surface area contributed by atoms with Gasteiger partial charge in [-0.2, -0.15) is 0 Å². The number of aromatic nitrogens is 2. The maximum absolute atomic E-state index is 12.2. The first-order valence-corrected chi connectivity index (χ1v) is 9.59. The van der Waals surface area contributed by atoms with Gasteiger partial charge < -0.3 is 10.2 Å². The van der Waals surface area contributed by atoms with E-state index < -0.39 is 0 Å². The van der Waals surface area contributed by atoms with Crippen molar-refractivity contribution in [1.82, 2.24) is 15.3 Å². The Morgan fingerprint density at radius 1 is 1.11 bits per heavy atom. The summed E-state index contributed by atoms with van der Waals surface area (Å²) in [6.07, 6.45) is 1.90. The van der Waals surface area contributed by atoms with Crippen LogP contribution in [0, 0.1) is 0 Å². The number of carbonyl (C=O) groups is 2. The lowest BCUT2D eigenvalue weighted by atomic mass is 10.2. The first-order chi connectivity index (χ1) is 13.5. The van der Waals surface area contributed by atoms with Gasteiger partial charge in [0.2, 0.25) is 5.91 Å². The molecule has 3 rings (SSSR count). The van der Waals surface area contributed by atoms with E-state index in [4.69, 9.17) is 0 Å². The highest BCUT2D eigenvalue weighted by Crippen LogP contribution is 2.17. The Morgan fingerprint density at radius 3 is 2.57 bits per heavy atom. The van der Waals surface area contributed by atoms with Crippen LogP contribution in [0.1, 0.15) is 21.6 Å². The fraction of sp³-hybridized carbons (Fsp3) is 0.200. The molecular formula is C20H21N5O2S. The monoisotopic (exact) mass is 395 g/mol. The molecule has 0 aliphatic rings. The van der Waals surface area contributed by atoms with Gasteiger partial charge in [0.15, 0.2) is 5.13 Å². The van der Waals surface area contributed by atoms with Gasteiger partial charge in [0.25, 0.3) is 5.91 Å². The third-order valence-corrected chi connectivity index (χ3v) is 4.71. The maximum Gasteiger partial charge on any atom is 0.257 e. The summed E-state index contributed by atoms with van der Waals surface area (Å²) in [7, 11) is 3.85. The predicted molar refractivity (Wildman–Crippen MR) is 111 cm³/mol. The molecule has 0 saturated carbocycles. The van der Waals surface area contributed by atoms with Crippen LogP contribution in [0.4, 0.5) is 10.9 Å². The summed E-state index contributed by atoms with van der Waals surface area (Å²) >= 11 is 1.30. The molecule has 0 spiro atoms. The molecule has 0 atom stereocenters. The molecule has 0 aliphatic heterocycles. The van der Waals surface area contributed by atoms with Gasteiger partial charge in [-0.1, -0.05) is 24.3 Å². The van der Waals surface area contributed by atoms with Gasteiger partial charge in [-0.05, 0) is 23.8 Å². The maximum atomic E-state index is 12.2. The number of pyridine rings is 1. The van der Waals surface area contributed by atoms with Crippen LogP contribution >= 0.6 is 11.3 Å². The molecule has 2 aromatic heterocycles. The highest BCUT2D eigenvalue weighted by atomic mass is 32.1. The van der Waals surface area contributed by atoms with Crippen molar-refractivity contribution in [3.63, 3.8) is 0 Å². The Labute approximate surface area is 167 Å². The number of rotatable bonds is 7. The standard InChI is InChI=1S/C20H21N5O2S/c1-25(2)17-9-8-14(11-21-17)12-22-18(26)10-16-13-28-20(23-16)24-19(27)15-6-4-3-5-7-15/h3-9,11,13H,10,12H2,1-2H3,(H,22,26)(H,23,24,27). The topological polar surface area (TPSA) is 87.2 Å². The van der Waals surface area contributed by atoms with Gasteiger partial charge in [0.05, 0.1) is 12.1 Å². The number of amides is 2. The molecule has 2 heterocycles. The molecule has 8 heteroatoms. The Morgan fingerprint density at radius 2 is 1.89 bits per heavy atom. The zero-order valence-electron chi connectivity index (χ0n) is 15.7. The molecule has 0 radical (unpaired) electrons. The summed E-state index contributed by atoms with van der Waals surface area (Å²) in [4.78, 5) is 34.8. The minimum Gasteiger partial charge on any atom is -0.363 e. The molecule has 0 fully saturated rings. The average Bonchev–Trinajstić information content (AvgIpc) is 3.14. The smallest absolute Gasteiger partial charge is 0.257 e. The van der Waals surface area contributed by atoms with E-state index in [0.29, 0.717) is 22.9 Å². The summed E-state index contributed by atoms with van der Waals surface area (Å²) in [5.74, 6) is 0.505. The van der Waals surface area contributed by atoms with Crippen molar-refractivity contribution in [2.75, 3.05) is 24.3 Å². The molecule has 1 aromatic carbocycles.